The van der Waals surface area contributed by atoms with Gasteiger partial charge in [-0.1, -0.05) is 30.3 Å². The van der Waals surface area contributed by atoms with Gasteiger partial charge in [-0.2, -0.15) is 0 Å². The number of carbonyl (C=O) groups excluding carboxylic acids is 2. The van der Waals surface area contributed by atoms with Crippen molar-refractivity contribution in [1.29, 1.82) is 0 Å². The maximum absolute atomic E-state index is 13.1. The average molecular weight is 404 g/mol. The Morgan fingerprint density at radius 3 is 2.59 bits per heavy atom. The molecule has 1 aromatic carbocycles. The fraction of sp³-hybridized carbons (Fsp3) is 0.652. The summed E-state index contributed by atoms with van der Waals surface area (Å²) in [6.07, 6.45) is 2.78. The van der Waals surface area contributed by atoms with Crippen LogP contribution in [0.5, 0.6) is 0 Å². The molecule has 2 heterocycles. The Labute approximate surface area is 173 Å². The zero-order valence-electron chi connectivity index (χ0n) is 18.0. The van der Waals surface area contributed by atoms with Gasteiger partial charge >= 0.3 is 11.9 Å². The number of benzene rings is 1. The number of methoxy groups -OCH3 is 1. The van der Waals surface area contributed by atoms with Crippen LogP contribution < -0.4 is 0 Å². The normalized spacial score (nSPS) is 26.9. The Morgan fingerprint density at radius 1 is 1.21 bits per heavy atom. The second-order valence-electron chi connectivity index (χ2n) is 9.06. The Kier molecular flexibility index (Phi) is 6.64. The minimum Gasteiger partial charge on any atom is -0.469 e. The highest BCUT2D eigenvalue weighted by atomic mass is 16.6. The SMILES string of the molecule is COC(=O)[C@H]1C[C@@]2(C(=O)OC(C)(C)C)CCCN2[C@H]1CCOCc1ccccc1. The Bertz CT molecular complexity index is 714. The van der Waals surface area contributed by atoms with E-state index in [0.29, 0.717) is 26.1 Å². The predicted molar refractivity (Wildman–Crippen MR) is 109 cm³/mol. The molecule has 0 N–H and O–H groups in total. The summed E-state index contributed by atoms with van der Waals surface area (Å²) in [5, 5.41) is 0. The minimum absolute atomic E-state index is 0.0757. The van der Waals surface area contributed by atoms with Crippen LogP contribution in [0, 0.1) is 5.92 Å². The van der Waals surface area contributed by atoms with Crippen LogP contribution in [0.25, 0.3) is 0 Å². The van der Waals surface area contributed by atoms with Gasteiger partial charge in [-0.05, 0) is 58.6 Å². The second-order valence-corrected chi connectivity index (χ2v) is 9.06. The van der Waals surface area contributed by atoms with Crippen molar-refractivity contribution in [2.24, 2.45) is 5.92 Å². The number of esters is 2. The van der Waals surface area contributed by atoms with E-state index in [2.05, 4.69) is 4.90 Å². The molecule has 0 aromatic heterocycles. The quantitative estimate of drug-likeness (QED) is 0.514. The van der Waals surface area contributed by atoms with Crippen molar-refractivity contribution in [1.82, 2.24) is 4.90 Å². The molecule has 0 bridgehead atoms. The number of fused-ring (bicyclic) bond motifs is 1. The Hall–Kier alpha value is -1.92. The van der Waals surface area contributed by atoms with E-state index in [4.69, 9.17) is 14.2 Å². The number of carbonyl (C=O) groups is 2. The molecule has 3 rings (SSSR count). The van der Waals surface area contributed by atoms with Crippen LogP contribution >= 0.6 is 0 Å². The highest BCUT2D eigenvalue weighted by Gasteiger charge is 2.61. The largest absolute Gasteiger partial charge is 0.469 e. The van der Waals surface area contributed by atoms with Gasteiger partial charge in [0, 0.05) is 12.6 Å². The standard InChI is InChI=1S/C23H33NO5/c1-22(2,3)29-21(26)23-12-8-13-24(23)19(18(15-23)20(25)27-4)11-14-28-16-17-9-6-5-7-10-17/h5-7,9-10,18-19H,8,11-16H2,1-4H3/t18-,19-,23+/m0/s1. The van der Waals surface area contributed by atoms with Crippen LogP contribution in [0.15, 0.2) is 30.3 Å². The topological polar surface area (TPSA) is 65.1 Å². The molecular formula is C23H33NO5. The first kappa shape index (κ1) is 21.8. The third-order valence-electron chi connectivity index (χ3n) is 5.91. The van der Waals surface area contributed by atoms with Crippen molar-refractivity contribution in [2.75, 3.05) is 20.3 Å². The third-order valence-corrected chi connectivity index (χ3v) is 5.91. The maximum Gasteiger partial charge on any atom is 0.327 e. The van der Waals surface area contributed by atoms with E-state index in [1.165, 1.54) is 7.11 Å². The maximum atomic E-state index is 13.1. The molecule has 0 aliphatic carbocycles. The Morgan fingerprint density at radius 2 is 1.93 bits per heavy atom. The van der Waals surface area contributed by atoms with Crippen LogP contribution in [-0.4, -0.2) is 54.3 Å². The number of hydrogen-bond donors (Lipinski definition) is 0. The molecular weight excluding hydrogens is 370 g/mol. The lowest BCUT2D eigenvalue weighted by molar-refractivity contribution is -0.167. The summed E-state index contributed by atoms with van der Waals surface area (Å²) in [4.78, 5) is 27.8. The van der Waals surface area contributed by atoms with E-state index in [1.807, 2.05) is 51.1 Å². The van der Waals surface area contributed by atoms with Crippen molar-refractivity contribution >= 4 is 11.9 Å². The second kappa shape index (κ2) is 8.84. The molecule has 2 saturated heterocycles. The van der Waals surface area contributed by atoms with Gasteiger partial charge in [0.25, 0.3) is 0 Å². The molecule has 3 atom stereocenters. The molecule has 6 nitrogen and oxygen atoms in total. The van der Waals surface area contributed by atoms with Gasteiger partial charge in [0.15, 0.2) is 0 Å². The highest BCUT2D eigenvalue weighted by molar-refractivity contribution is 5.85. The predicted octanol–water partition coefficient (Wildman–Crippen LogP) is 3.33. The number of nitrogens with zero attached hydrogens (tertiary/aromatic N) is 1. The van der Waals surface area contributed by atoms with E-state index < -0.39 is 11.1 Å². The summed E-state index contributed by atoms with van der Waals surface area (Å²) in [6.45, 7) is 7.48. The van der Waals surface area contributed by atoms with Gasteiger partial charge in [-0.15, -0.1) is 0 Å². The number of ether oxygens (including phenoxy) is 3. The molecule has 2 fully saturated rings. The number of hydrogen-bond acceptors (Lipinski definition) is 6. The van der Waals surface area contributed by atoms with Crippen molar-refractivity contribution in [3.8, 4) is 0 Å². The monoisotopic (exact) mass is 403 g/mol. The lowest BCUT2D eigenvalue weighted by Crippen LogP contribution is -2.51. The molecule has 0 radical (unpaired) electrons. The smallest absolute Gasteiger partial charge is 0.327 e. The zero-order valence-corrected chi connectivity index (χ0v) is 18.0. The van der Waals surface area contributed by atoms with E-state index in [-0.39, 0.29) is 23.9 Å². The molecule has 160 valence electrons. The van der Waals surface area contributed by atoms with Crippen LogP contribution in [0.3, 0.4) is 0 Å². The van der Waals surface area contributed by atoms with Crippen molar-refractivity contribution in [3.05, 3.63) is 35.9 Å². The lowest BCUT2D eigenvalue weighted by Gasteiger charge is -2.35. The van der Waals surface area contributed by atoms with Crippen molar-refractivity contribution in [3.63, 3.8) is 0 Å². The van der Waals surface area contributed by atoms with Crippen LogP contribution in [0.4, 0.5) is 0 Å². The fourth-order valence-electron chi connectivity index (χ4n) is 4.71. The molecule has 2 aliphatic rings. The van der Waals surface area contributed by atoms with Gasteiger partial charge < -0.3 is 14.2 Å². The van der Waals surface area contributed by atoms with Crippen LogP contribution in [-0.2, 0) is 30.4 Å². The van der Waals surface area contributed by atoms with Crippen molar-refractivity contribution in [2.45, 2.75) is 70.2 Å². The molecule has 0 unspecified atom stereocenters. The summed E-state index contributed by atoms with van der Waals surface area (Å²) in [7, 11) is 1.41. The van der Waals surface area contributed by atoms with E-state index in [0.717, 1.165) is 24.9 Å². The van der Waals surface area contributed by atoms with E-state index in [1.54, 1.807) is 0 Å². The first-order valence-corrected chi connectivity index (χ1v) is 10.5. The summed E-state index contributed by atoms with van der Waals surface area (Å²) >= 11 is 0. The third kappa shape index (κ3) is 4.81. The molecule has 1 aromatic rings. The summed E-state index contributed by atoms with van der Waals surface area (Å²) in [5.74, 6) is -0.812. The van der Waals surface area contributed by atoms with Gasteiger partial charge in [-0.3, -0.25) is 14.5 Å². The van der Waals surface area contributed by atoms with Crippen LogP contribution in [0.1, 0.15) is 52.0 Å². The minimum atomic E-state index is -0.726. The first-order chi connectivity index (χ1) is 13.8. The lowest BCUT2D eigenvalue weighted by atomic mass is 9.88. The molecule has 0 saturated carbocycles. The Balaban J connectivity index is 1.70. The first-order valence-electron chi connectivity index (χ1n) is 10.5. The highest BCUT2D eigenvalue weighted by Crippen LogP contribution is 2.48. The van der Waals surface area contributed by atoms with Gasteiger partial charge in [0.05, 0.1) is 19.6 Å². The molecule has 2 aliphatic heterocycles. The average Bonchev–Trinajstić information content (AvgIpc) is 3.22. The van der Waals surface area contributed by atoms with E-state index in [9.17, 15) is 9.59 Å². The molecule has 29 heavy (non-hydrogen) atoms. The fourth-order valence-corrected chi connectivity index (χ4v) is 4.71. The van der Waals surface area contributed by atoms with Gasteiger partial charge in [-0.25, -0.2) is 0 Å². The van der Waals surface area contributed by atoms with Gasteiger partial charge in [0.1, 0.15) is 11.1 Å². The van der Waals surface area contributed by atoms with Crippen molar-refractivity contribution < 1.29 is 23.8 Å². The summed E-state index contributed by atoms with van der Waals surface area (Å²) in [5.41, 5.74) is -0.166. The summed E-state index contributed by atoms with van der Waals surface area (Å²) < 4.78 is 16.7. The molecule has 6 heteroatoms. The molecule has 0 spiro atoms. The molecule has 0 amide bonds. The zero-order chi connectivity index (χ0) is 21.1. The van der Waals surface area contributed by atoms with Gasteiger partial charge in [0.2, 0.25) is 0 Å². The van der Waals surface area contributed by atoms with Crippen LogP contribution in [0.2, 0.25) is 0 Å². The number of rotatable bonds is 7. The van der Waals surface area contributed by atoms with E-state index >= 15 is 0 Å². The summed E-state index contributed by atoms with van der Waals surface area (Å²) in [6, 6.07) is 9.94.